The summed E-state index contributed by atoms with van der Waals surface area (Å²) in [5.41, 5.74) is 1.21. The van der Waals surface area contributed by atoms with E-state index >= 15 is 0 Å². The first-order chi connectivity index (χ1) is 8.74. The largest absolute Gasteiger partial charge is 0.491 e. The summed E-state index contributed by atoms with van der Waals surface area (Å²) < 4.78 is 5.64. The molecular weight excluding hydrogens is 294 g/mol. The number of para-hydroxylation sites is 2. The predicted octanol–water partition coefficient (Wildman–Crippen LogP) is 2.98. The topological polar surface area (TPSA) is 29.5 Å². The van der Waals surface area contributed by atoms with Gasteiger partial charge in [0, 0.05) is 11.9 Å². The Balaban J connectivity index is 1.92. The van der Waals surface area contributed by atoms with E-state index in [0.29, 0.717) is 13.0 Å². The molecule has 4 heteroatoms. The number of benzene rings is 1. The van der Waals surface area contributed by atoms with Gasteiger partial charge in [-0.2, -0.15) is 0 Å². The molecule has 1 saturated carbocycles. The molecule has 0 atom stereocenters. The van der Waals surface area contributed by atoms with Gasteiger partial charge < -0.3 is 9.64 Å². The maximum atomic E-state index is 12.2. The Bertz CT molecular complexity index is 471. The van der Waals surface area contributed by atoms with Crippen LogP contribution in [0, 0.1) is 5.41 Å². The van der Waals surface area contributed by atoms with Gasteiger partial charge in [-0.25, -0.2) is 0 Å². The quantitative estimate of drug-likeness (QED) is 0.803. The predicted molar refractivity (Wildman–Crippen MR) is 74.4 cm³/mol. The number of amides is 1. The van der Waals surface area contributed by atoms with Gasteiger partial charge in [0.2, 0.25) is 5.91 Å². The van der Waals surface area contributed by atoms with Crippen LogP contribution in [0.1, 0.15) is 19.3 Å². The Labute approximate surface area is 115 Å². The van der Waals surface area contributed by atoms with Crippen molar-refractivity contribution < 1.29 is 9.53 Å². The molecule has 0 bridgehead atoms. The van der Waals surface area contributed by atoms with Crippen molar-refractivity contribution in [3.63, 3.8) is 0 Å². The smallest absolute Gasteiger partial charge is 0.230 e. The maximum Gasteiger partial charge on any atom is 0.230 e. The molecule has 1 aromatic rings. The average Bonchev–Trinajstić information content (AvgIpc) is 3.18. The van der Waals surface area contributed by atoms with Crippen LogP contribution >= 0.6 is 15.9 Å². The van der Waals surface area contributed by atoms with Crippen molar-refractivity contribution in [2.75, 3.05) is 23.4 Å². The molecule has 96 valence electrons. The summed E-state index contributed by atoms with van der Waals surface area (Å²) in [6.45, 7) is 1.28. The highest BCUT2D eigenvalue weighted by molar-refractivity contribution is 9.09. The lowest BCUT2D eigenvalue weighted by Crippen LogP contribution is -2.36. The molecule has 3 rings (SSSR count). The summed E-state index contributed by atoms with van der Waals surface area (Å²) in [5.74, 6) is 1.00. The summed E-state index contributed by atoms with van der Waals surface area (Å²) in [7, 11) is 0. The zero-order valence-corrected chi connectivity index (χ0v) is 11.8. The zero-order valence-electron chi connectivity index (χ0n) is 10.2. The van der Waals surface area contributed by atoms with E-state index in [1.807, 2.05) is 29.2 Å². The van der Waals surface area contributed by atoms with Crippen molar-refractivity contribution in [1.82, 2.24) is 0 Å². The Hall–Kier alpha value is -1.03. The Morgan fingerprint density at radius 1 is 1.33 bits per heavy atom. The second-order valence-corrected chi connectivity index (χ2v) is 5.74. The molecular formula is C14H16BrNO2. The molecule has 1 heterocycles. The van der Waals surface area contributed by atoms with Crippen molar-refractivity contribution in [2.45, 2.75) is 19.3 Å². The van der Waals surface area contributed by atoms with Crippen LogP contribution in [0.5, 0.6) is 5.75 Å². The van der Waals surface area contributed by atoms with Gasteiger partial charge in [-0.3, -0.25) is 4.79 Å². The number of alkyl halides is 1. The van der Waals surface area contributed by atoms with E-state index in [0.717, 1.165) is 23.3 Å². The summed E-state index contributed by atoms with van der Waals surface area (Å²) >= 11 is 3.57. The first-order valence-electron chi connectivity index (χ1n) is 6.32. The van der Waals surface area contributed by atoms with Gasteiger partial charge in [-0.1, -0.05) is 28.1 Å². The molecule has 0 saturated heterocycles. The van der Waals surface area contributed by atoms with Gasteiger partial charge in [0.05, 0.1) is 18.7 Å². The third-order valence-electron chi connectivity index (χ3n) is 3.76. The SMILES string of the molecule is O=C1CCOc2ccccc2N1CC1(CBr)CC1. The normalized spacial score (nSPS) is 20.9. The van der Waals surface area contributed by atoms with Crippen LogP contribution in [0.15, 0.2) is 24.3 Å². The molecule has 18 heavy (non-hydrogen) atoms. The number of ether oxygens (including phenoxy) is 1. The highest BCUT2D eigenvalue weighted by Gasteiger charge is 2.44. The number of nitrogens with zero attached hydrogens (tertiary/aromatic N) is 1. The molecule has 0 radical (unpaired) electrons. The van der Waals surface area contributed by atoms with Gasteiger partial charge in [0.25, 0.3) is 0 Å². The third-order valence-corrected chi connectivity index (χ3v) is 4.95. The van der Waals surface area contributed by atoms with E-state index < -0.39 is 0 Å². The van der Waals surface area contributed by atoms with Gasteiger partial charge in [0.1, 0.15) is 5.75 Å². The first-order valence-corrected chi connectivity index (χ1v) is 7.44. The average molecular weight is 310 g/mol. The molecule has 3 nitrogen and oxygen atoms in total. The number of halogens is 1. The van der Waals surface area contributed by atoms with Gasteiger partial charge in [-0.05, 0) is 30.4 Å². The number of hydrogen-bond acceptors (Lipinski definition) is 2. The van der Waals surface area contributed by atoms with Crippen molar-refractivity contribution in [2.24, 2.45) is 5.41 Å². The van der Waals surface area contributed by atoms with Crippen molar-refractivity contribution in [3.8, 4) is 5.75 Å². The van der Waals surface area contributed by atoms with Gasteiger partial charge in [0.15, 0.2) is 0 Å². The minimum Gasteiger partial charge on any atom is -0.491 e. The first kappa shape index (κ1) is 12.0. The molecule has 1 aromatic carbocycles. The molecule has 1 aliphatic carbocycles. The molecule has 2 aliphatic rings. The molecule has 0 N–H and O–H groups in total. The lowest BCUT2D eigenvalue weighted by atomic mass is 10.1. The van der Waals surface area contributed by atoms with Crippen molar-refractivity contribution in [1.29, 1.82) is 0 Å². The Kier molecular flexibility index (Phi) is 3.06. The highest BCUT2D eigenvalue weighted by Crippen LogP contribution is 2.49. The minimum atomic E-state index is 0.173. The monoisotopic (exact) mass is 309 g/mol. The highest BCUT2D eigenvalue weighted by atomic mass is 79.9. The van der Waals surface area contributed by atoms with Gasteiger partial charge >= 0.3 is 0 Å². The summed E-state index contributed by atoms with van der Waals surface area (Å²) in [6.07, 6.45) is 2.86. The van der Waals surface area contributed by atoms with Crippen LogP contribution in [0.3, 0.4) is 0 Å². The van der Waals surface area contributed by atoms with E-state index in [-0.39, 0.29) is 11.3 Å². The Morgan fingerprint density at radius 3 is 2.83 bits per heavy atom. The van der Waals surface area contributed by atoms with E-state index in [1.54, 1.807) is 0 Å². The number of fused-ring (bicyclic) bond motifs is 1. The molecule has 1 fully saturated rings. The molecule has 0 spiro atoms. The number of hydrogen-bond donors (Lipinski definition) is 0. The lowest BCUT2D eigenvalue weighted by molar-refractivity contribution is -0.119. The van der Waals surface area contributed by atoms with Crippen molar-refractivity contribution in [3.05, 3.63) is 24.3 Å². The fourth-order valence-corrected chi connectivity index (χ4v) is 3.08. The van der Waals surface area contributed by atoms with Crippen LogP contribution in [0.2, 0.25) is 0 Å². The summed E-state index contributed by atoms with van der Waals surface area (Å²) in [6, 6.07) is 7.82. The second kappa shape index (κ2) is 4.57. The molecule has 1 amide bonds. The molecule has 0 aromatic heterocycles. The van der Waals surface area contributed by atoms with Crippen LogP contribution in [-0.2, 0) is 4.79 Å². The van der Waals surface area contributed by atoms with E-state index in [2.05, 4.69) is 15.9 Å². The fraction of sp³-hybridized carbons (Fsp3) is 0.500. The summed E-state index contributed by atoms with van der Waals surface area (Å²) in [5, 5.41) is 0.965. The standard InChI is InChI=1S/C14H16BrNO2/c15-9-14(6-7-14)10-16-11-3-1-2-4-12(11)18-8-5-13(16)17/h1-4H,5-10H2. The van der Waals surface area contributed by atoms with Crippen LogP contribution in [0.4, 0.5) is 5.69 Å². The van der Waals surface area contributed by atoms with Crippen molar-refractivity contribution >= 4 is 27.5 Å². The van der Waals surface area contributed by atoms with Crippen LogP contribution < -0.4 is 9.64 Å². The minimum absolute atomic E-state index is 0.173. The number of anilines is 1. The van der Waals surface area contributed by atoms with Crippen LogP contribution in [0.25, 0.3) is 0 Å². The molecule has 1 aliphatic heterocycles. The number of carbonyl (C=O) groups excluding carboxylic acids is 1. The Morgan fingerprint density at radius 2 is 2.11 bits per heavy atom. The fourth-order valence-electron chi connectivity index (χ4n) is 2.34. The third kappa shape index (κ3) is 2.14. The van der Waals surface area contributed by atoms with E-state index in [1.165, 1.54) is 12.8 Å². The van der Waals surface area contributed by atoms with Gasteiger partial charge in [-0.15, -0.1) is 0 Å². The second-order valence-electron chi connectivity index (χ2n) is 5.18. The van der Waals surface area contributed by atoms with E-state index in [4.69, 9.17) is 4.74 Å². The van der Waals surface area contributed by atoms with Crippen LogP contribution in [-0.4, -0.2) is 24.4 Å². The van der Waals surface area contributed by atoms with E-state index in [9.17, 15) is 4.79 Å². The number of rotatable bonds is 3. The molecule has 0 unspecified atom stereocenters. The maximum absolute atomic E-state index is 12.2. The zero-order chi connectivity index (χ0) is 12.6. The number of carbonyl (C=O) groups is 1. The lowest BCUT2D eigenvalue weighted by Gasteiger charge is -2.26. The summed E-state index contributed by atoms with van der Waals surface area (Å²) in [4.78, 5) is 14.1.